The Morgan fingerprint density at radius 1 is 1.43 bits per heavy atom. The molecule has 1 aliphatic rings. The summed E-state index contributed by atoms with van der Waals surface area (Å²) in [7, 11) is -3.41. The highest BCUT2D eigenvalue weighted by Crippen LogP contribution is 2.33. The van der Waals surface area contributed by atoms with Gasteiger partial charge in [0.1, 0.15) is 11.4 Å². The summed E-state index contributed by atoms with van der Waals surface area (Å²) in [4.78, 5) is 6.93. The van der Waals surface area contributed by atoms with Crippen LogP contribution in [-0.2, 0) is 16.2 Å². The van der Waals surface area contributed by atoms with E-state index in [0.717, 1.165) is 19.1 Å². The summed E-state index contributed by atoms with van der Waals surface area (Å²) in [5, 5.41) is 2.58. The molecule has 23 heavy (non-hydrogen) atoms. The summed E-state index contributed by atoms with van der Waals surface area (Å²) < 4.78 is 63.7. The number of anilines is 2. The van der Waals surface area contributed by atoms with Gasteiger partial charge in [-0.2, -0.15) is 22.5 Å². The number of nitrogens with two attached hydrogens (primary N) is 1. The summed E-state index contributed by atoms with van der Waals surface area (Å²) in [6.45, 7) is 0.385. The zero-order chi connectivity index (χ0) is 17.3. The first-order chi connectivity index (χ1) is 10.6. The molecule has 1 unspecified atom stereocenters. The number of nitrogens with one attached hydrogen (secondary N) is 1. The largest absolute Gasteiger partial charge is 0.421 e. The van der Waals surface area contributed by atoms with E-state index >= 15 is 0 Å². The predicted octanol–water partition coefficient (Wildman–Crippen LogP) is 1.30. The minimum atomic E-state index is -4.63. The maximum Gasteiger partial charge on any atom is 0.421 e. The minimum absolute atomic E-state index is 0.0204. The summed E-state index contributed by atoms with van der Waals surface area (Å²) >= 11 is 0. The van der Waals surface area contributed by atoms with Crippen molar-refractivity contribution in [2.45, 2.75) is 31.5 Å². The number of hydrogen-bond acceptors (Lipinski definition) is 6. The lowest BCUT2D eigenvalue weighted by atomic mass is 10.1. The SMILES string of the molecule is CS(=O)(=O)N1CCCCC1CNc1nc(N)ncc1C(F)(F)F. The van der Waals surface area contributed by atoms with E-state index in [1.807, 2.05) is 0 Å². The van der Waals surface area contributed by atoms with Gasteiger partial charge in [0.25, 0.3) is 0 Å². The Morgan fingerprint density at radius 2 is 2.13 bits per heavy atom. The lowest BCUT2D eigenvalue weighted by Gasteiger charge is -2.34. The molecule has 1 aromatic heterocycles. The fraction of sp³-hybridized carbons (Fsp3) is 0.667. The van der Waals surface area contributed by atoms with Crippen LogP contribution in [0.25, 0.3) is 0 Å². The van der Waals surface area contributed by atoms with Crippen LogP contribution in [-0.4, -0.2) is 48.1 Å². The number of aromatic nitrogens is 2. The molecule has 2 heterocycles. The average molecular weight is 353 g/mol. The molecule has 2 rings (SSSR count). The zero-order valence-corrected chi connectivity index (χ0v) is 13.3. The summed E-state index contributed by atoms with van der Waals surface area (Å²) in [5.41, 5.74) is 4.31. The van der Waals surface area contributed by atoms with E-state index in [1.165, 1.54) is 4.31 Å². The van der Waals surface area contributed by atoms with Crippen LogP contribution in [0.4, 0.5) is 24.9 Å². The Kier molecular flexibility index (Phi) is 4.99. The van der Waals surface area contributed by atoms with E-state index in [-0.39, 0.29) is 12.5 Å². The highest BCUT2D eigenvalue weighted by atomic mass is 32.2. The molecule has 130 valence electrons. The summed E-state index contributed by atoms with van der Waals surface area (Å²) in [5.74, 6) is -0.729. The van der Waals surface area contributed by atoms with Crippen molar-refractivity contribution >= 4 is 21.8 Å². The highest BCUT2D eigenvalue weighted by Gasteiger charge is 2.36. The fourth-order valence-corrected chi connectivity index (χ4v) is 3.75. The molecule has 0 aliphatic carbocycles. The molecule has 0 saturated carbocycles. The van der Waals surface area contributed by atoms with Crippen LogP contribution < -0.4 is 11.1 Å². The maximum absolute atomic E-state index is 12.9. The van der Waals surface area contributed by atoms with E-state index < -0.39 is 33.6 Å². The molecular formula is C12H18F3N5O2S. The Balaban J connectivity index is 2.18. The third-order valence-corrected chi connectivity index (χ3v) is 4.95. The molecule has 11 heteroatoms. The first-order valence-electron chi connectivity index (χ1n) is 6.99. The molecule has 0 radical (unpaired) electrons. The molecular weight excluding hydrogens is 335 g/mol. The molecule has 1 saturated heterocycles. The number of hydrogen-bond donors (Lipinski definition) is 2. The van der Waals surface area contributed by atoms with Gasteiger partial charge in [-0.15, -0.1) is 0 Å². The zero-order valence-electron chi connectivity index (χ0n) is 12.5. The molecule has 1 atom stereocenters. The second-order valence-electron chi connectivity index (χ2n) is 5.39. The number of halogens is 3. The third kappa shape index (κ3) is 4.44. The lowest BCUT2D eigenvalue weighted by molar-refractivity contribution is -0.137. The monoisotopic (exact) mass is 353 g/mol. The molecule has 0 bridgehead atoms. The highest BCUT2D eigenvalue weighted by molar-refractivity contribution is 7.88. The Bertz CT molecular complexity index is 665. The van der Waals surface area contributed by atoms with Crippen molar-refractivity contribution in [2.24, 2.45) is 0 Å². The molecule has 0 amide bonds. The van der Waals surface area contributed by atoms with Crippen molar-refractivity contribution in [3.63, 3.8) is 0 Å². The van der Waals surface area contributed by atoms with Crippen LogP contribution >= 0.6 is 0 Å². The van der Waals surface area contributed by atoms with E-state index in [4.69, 9.17) is 5.73 Å². The van der Waals surface area contributed by atoms with Crippen LogP contribution in [0.15, 0.2) is 6.20 Å². The normalized spacial score (nSPS) is 20.4. The molecule has 1 fully saturated rings. The molecule has 1 aliphatic heterocycles. The van der Waals surface area contributed by atoms with E-state index in [9.17, 15) is 21.6 Å². The van der Waals surface area contributed by atoms with Gasteiger partial charge in [-0.3, -0.25) is 0 Å². The van der Waals surface area contributed by atoms with Crippen molar-refractivity contribution in [1.29, 1.82) is 0 Å². The second-order valence-corrected chi connectivity index (χ2v) is 7.33. The fourth-order valence-electron chi connectivity index (χ4n) is 2.57. The van der Waals surface area contributed by atoms with Crippen LogP contribution in [0, 0.1) is 0 Å². The number of piperidine rings is 1. The minimum Gasteiger partial charge on any atom is -0.368 e. The number of sulfonamides is 1. The number of rotatable bonds is 4. The van der Waals surface area contributed by atoms with Crippen LogP contribution in [0.1, 0.15) is 24.8 Å². The molecule has 0 spiro atoms. The van der Waals surface area contributed by atoms with E-state index in [2.05, 4.69) is 15.3 Å². The van der Waals surface area contributed by atoms with Crippen molar-refractivity contribution in [1.82, 2.24) is 14.3 Å². The lowest BCUT2D eigenvalue weighted by Crippen LogP contribution is -2.46. The number of nitrogens with zero attached hydrogens (tertiary/aromatic N) is 3. The molecule has 7 nitrogen and oxygen atoms in total. The van der Waals surface area contributed by atoms with Gasteiger partial charge >= 0.3 is 6.18 Å². The average Bonchev–Trinajstić information content (AvgIpc) is 2.43. The van der Waals surface area contributed by atoms with E-state index in [1.54, 1.807) is 0 Å². The van der Waals surface area contributed by atoms with E-state index in [0.29, 0.717) is 19.2 Å². The standard InChI is InChI=1S/C12H18F3N5O2S/c1-23(21,22)20-5-3-2-4-8(20)6-17-10-9(12(13,14)15)7-18-11(16)19-10/h7-8H,2-6H2,1H3,(H3,16,17,18,19). The van der Waals surface area contributed by atoms with Gasteiger partial charge in [0, 0.05) is 25.3 Å². The molecule has 3 N–H and O–H groups in total. The van der Waals surface area contributed by atoms with Crippen molar-refractivity contribution in [3.05, 3.63) is 11.8 Å². The van der Waals surface area contributed by atoms with Crippen molar-refractivity contribution in [2.75, 3.05) is 30.4 Å². The van der Waals surface area contributed by atoms with Crippen molar-refractivity contribution in [3.8, 4) is 0 Å². The molecule has 0 aromatic carbocycles. The van der Waals surface area contributed by atoms with Gasteiger partial charge in [0.15, 0.2) is 0 Å². The van der Waals surface area contributed by atoms with Crippen molar-refractivity contribution < 1.29 is 21.6 Å². The number of alkyl halides is 3. The Morgan fingerprint density at radius 3 is 2.74 bits per heavy atom. The maximum atomic E-state index is 12.9. The Hall–Kier alpha value is -1.62. The third-order valence-electron chi connectivity index (χ3n) is 3.62. The topological polar surface area (TPSA) is 101 Å². The second kappa shape index (κ2) is 6.48. The number of nitrogen functional groups attached to an aromatic ring is 1. The molecule has 1 aromatic rings. The van der Waals surface area contributed by atoms with Crippen LogP contribution in [0.2, 0.25) is 0 Å². The first-order valence-corrected chi connectivity index (χ1v) is 8.84. The van der Waals surface area contributed by atoms with Gasteiger partial charge in [0.05, 0.1) is 6.26 Å². The van der Waals surface area contributed by atoms with Gasteiger partial charge < -0.3 is 11.1 Å². The summed E-state index contributed by atoms with van der Waals surface area (Å²) in [6, 6.07) is -0.420. The van der Waals surface area contributed by atoms with Gasteiger partial charge in [-0.1, -0.05) is 6.42 Å². The van der Waals surface area contributed by atoms with Crippen LogP contribution in [0.5, 0.6) is 0 Å². The van der Waals surface area contributed by atoms with Crippen LogP contribution in [0.3, 0.4) is 0 Å². The summed E-state index contributed by atoms with van der Waals surface area (Å²) in [6.07, 6.45) is -0.801. The predicted molar refractivity (Wildman–Crippen MR) is 79.1 cm³/mol. The van der Waals surface area contributed by atoms with Gasteiger partial charge in [-0.25, -0.2) is 13.4 Å². The smallest absolute Gasteiger partial charge is 0.368 e. The first kappa shape index (κ1) is 17.7. The quantitative estimate of drug-likeness (QED) is 0.846. The Labute approximate surface area is 132 Å². The van der Waals surface area contributed by atoms with Gasteiger partial charge in [0.2, 0.25) is 16.0 Å². The van der Waals surface area contributed by atoms with Gasteiger partial charge in [-0.05, 0) is 12.8 Å².